The van der Waals surface area contributed by atoms with Crippen LogP contribution < -0.4 is 0 Å². The van der Waals surface area contributed by atoms with Crippen LogP contribution >= 0.6 is 23.2 Å². The average Bonchev–Trinajstić information content (AvgIpc) is 2.66. The van der Waals surface area contributed by atoms with Crippen molar-refractivity contribution >= 4 is 23.2 Å². The van der Waals surface area contributed by atoms with Crippen LogP contribution in [0.4, 0.5) is 0 Å². The van der Waals surface area contributed by atoms with Crippen molar-refractivity contribution in [2.75, 3.05) is 26.2 Å². The molecule has 2 aliphatic heterocycles. The number of rotatable bonds is 3. The van der Waals surface area contributed by atoms with Crippen molar-refractivity contribution in [2.45, 2.75) is 38.3 Å². The molecule has 0 saturated carbocycles. The first-order chi connectivity index (χ1) is 13.4. The van der Waals surface area contributed by atoms with E-state index < -0.39 is 0 Å². The minimum Gasteiger partial charge on any atom is -0.508 e. The molecule has 28 heavy (non-hydrogen) atoms. The normalized spacial score (nSPS) is 28.9. The highest BCUT2D eigenvalue weighted by Gasteiger charge is 2.44. The van der Waals surface area contributed by atoms with Crippen LogP contribution in [-0.4, -0.2) is 47.1 Å². The topological polar surface area (TPSA) is 26.7 Å². The minimum absolute atomic E-state index is 0.0661. The molecule has 2 aliphatic rings. The van der Waals surface area contributed by atoms with Gasteiger partial charge in [-0.1, -0.05) is 61.3 Å². The third-order valence-electron chi connectivity index (χ3n) is 6.88. The number of aromatic hydroxyl groups is 1. The Morgan fingerprint density at radius 2 is 1.89 bits per heavy atom. The molecule has 2 saturated heterocycles. The van der Waals surface area contributed by atoms with E-state index in [9.17, 15) is 5.11 Å². The van der Waals surface area contributed by atoms with Gasteiger partial charge in [-0.15, -0.1) is 0 Å². The molecule has 3 atom stereocenters. The quantitative estimate of drug-likeness (QED) is 0.743. The lowest BCUT2D eigenvalue weighted by Crippen LogP contribution is -2.60. The Kier molecular flexibility index (Phi) is 5.63. The van der Waals surface area contributed by atoms with Gasteiger partial charge in [0.25, 0.3) is 0 Å². The van der Waals surface area contributed by atoms with E-state index in [-0.39, 0.29) is 5.41 Å². The number of hydrogen-bond donors (Lipinski definition) is 1. The van der Waals surface area contributed by atoms with Gasteiger partial charge in [0.2, 0.25) is 0 Å². The molecule has 2 aromatic rings. The summed E-state index contributed by atoms with van der Waals surface area (Å²) in [6.45, 7) is 9.81. The van der Waals surface area contributed by atoms with Crippen LogP contribution in [0.3, 0.4) is 0 Å². The molecule has 4 rings (SSSR count). The molecule has 2 aromatic carbocycles. The number of phenolic OH excluding ortho intramolecular Hbond substituents is 1. The summed E-state index contributed by atoms with van der Waals surface area (Å²) >= 11 is 12.6. The summed E-state index contributed by atoms with van der Waals surface area (Å²) in [5.74, 6) is 0.897. The van der Waals surface area contributed by atoms with E-state index in [0.717, 1.165) is 44.7 Å². The molecule has 150 valence electrons. The zero-order chi connectivity index (χ0) is 19.9. The summed E-state index contributed by atoms with van der Waals surface area (Å²) in [7, 11) is 0. The van der Waals surface area contributed by atoms with E-state index in [0.29, 0.717) is 27.8 Å². The number of benzene rings is 2. The number of halogens is 2. The maximum Gasteiger partial charge on any atom is 0.115 e. The third-order valence-corrected chi connectivity index (χ3v) is 7.73. The van der Waals surface area contributed by atoms with Gasteiger partial charge in [-0.05, 0) is 47.1 Å². The van der Waals surface area contributed by atoms with Crippen molar-refractivity contribution in [1.29, 1.82) is 0 Å². The first-order valence-corrected chi connectivity index (χ1v) is 10.8. The SMILES string of the molecule is C[C@H]1CN2CCN(Cc3cccc(Cl)c3Cl)C[C@H]2CC1(C)c1cccc(O)c1. The number of phenols is 1. The highest BCUT2D eigenvalue weighted by molar-refractivity contribution is 6.42. The largest absolute Gasteiger partial charge is 0.508 e. The van der Waals surface area contributed by atoms with Crippen molar-refractivity contribution in [3.63, 3.8) is 0 Å². The van der Waals surface area contributed by atoms with Crippen LogP contribution in [0.1, 0.15) is 31.4 Å². The number of fused-ring (bicyclic) bond motifs is 1. The Morgan fingerprint density at radius 3 is 2.68 bits per heavy atom. The molecule has 1 N–H and O–H groups in total. The summed E-state index contributed by atoms with van der Waals surface area (Å²) in [6, 6.07) is 14.2. The molecule has 5 heteroatoms. The summed E-state index contributed by atoms with van der Waals surface area (Å²) in [6.07, 6.45) is 1.09. The predicted molar refractivity (Wildman–Crippen MR) is 116 cm³/mol. The fourth-order valence-electron chi connectivity index (χ4n) is 4.95. The Morgan fingerprint density at radius 1 is 1.11 bits per heavy atom. The van der Waals surface area contributed by atoms with E-state index in [1.54, 1.807) is 6.07 Å². The molecule has 2 heterocycles. The van der Waals surface area contributed by atoms with Gasteiger partial charge in [0, 0.05) is 38.8 Å². The summed E-state index contributed by atoms with van der Waals surface area (Å²) in [4.78, 5) is 5.14. The van der Waals surface area contributed by atoms with Crippen molar-refractivity contribution in [2.24, 2.45) is 5.92 Å². The summed E-state index contributed by atoms with van der Waals surface area (Å²) < 4.78 is 0. The molecule has 0 aromatic heterocycles. The third kappa shape index (κ3) is 3.78. The summed E-state index contributed by atoms with van der Waals surface area (Å²) in [5, 5.41) is 11.3. The Bertz CT molecular complexity index is 858. The maximum absolute atomic E-state index is 9.99. The van der Waals surface area contributed by atoms with Crippen LogP contribution in [0.2, 0.25) is 10.0 Å². The number of piperidine rings is 1. The Balaban J connectivity index is 1.51. The molecule has 2 fully saturated rings. The highest BCUT2D eigenvalue weighted by Crippen LogP contribution is 2.43. The van der Waals surface area contributed by atoms with Crippen molar-refractivity contribution < 1.29 is 5.11 Å². The first kappa shape index (κ1) is 20.0. The first-order valence-electron chi connectivity index (χ1n) is 10.1. The van der Waals surface area contributed by atoms with Gasteiger partial charge in [0.05, 0.1) is 10.0 Å². The second-order valence-electron chi connectivity index (χ2n) is 8.67. The zero-order valence-corrected chi connectivity index (χ0v) is 18.0. The standard InChI is InChI=1S/C23H28Cl2N2O/c1-16-13-27-10-9-26(14-17-5-3-8-21(24)22(17)25)15-19(27)12-23(16,2)18-6-4-7-20(28)11-18/h3-8,11,16,19,28H,9-10,12-15H2,1-2H3/t16-,19+,23?/m0/s1. The lowest BCUT2D eigenvalue weighted by atomic mass is 9.65. The van der Waals surface area contributed by atoms with E-state index in [1.807, 2.05) is 24.3 Å². The van der Waals surface area contributed by atoms with Crippen LogP contribution in [-0.2, 0) is 12.0 Å². The Labute approximate surface area is 177 Å². The van der Waals surface area contributed by atoms with Crippen LogP contribution in [0.15, 0.2) is 42.5 Å². The highest BCUT2D eigenvalue weighted by atomic mass is 35.5. The maximum atomic E-state index is 9.99. The molecule has 0 spiro atoms. The molecule has 0 aliphatic carbocycles. The lowest BCUT2D eigenvalue weighted by Gasteiger charge is -2.53. The lowest BCUT2D eigenvalue weighted by molar-refractivity contribution is -0.00556. The minimum atomic E-state index is 0.0661. The fraction of sp³-hybridized carbons (Fsp3) is 0.478. The van der Waals surface area contributed by atoms with Crippen molar-refractivity contribution in [3.05, 3.63) is 63.6 Å². The molecule has 0 amide bonds. The van der Waals surface area contributed by atoms with Crippen LogP contribution in [0, 0.1) is 5.92 Å². The van der Waals surface area contributed by atoms with Gasteiger partial charge in [-0.25, -0.2) is 0 Å². The molecule has 3 nitrogen and oxygen atoms in total. The van der Waals surface area contributed by atoms with E-state index in [1.165, 1.54) is 5.56 Å². The van der Waals surface area contributed by atoms with E-state index in [2.05, 4.69) is 35.8 Å². The molecular weight excluding hydrogens is 391 g/mol. The predicted octanol–water partition coefficient (Wildman–Crippen LogP) is 5.18. The molecule has 0 radical (unpaired) electrons. The second-order valence-corrected chi connectivity index (χ2v) is 9.45. The number of piperazine rings is 1. The van der Waals surface area contributed by atoms with Crippen molar-refractivity contribution in [3.8, 4) is 5.75 Å². The van der Waals surface area contributed by atoms with Gasteiger partial charge in [-0.2, -0.15) is 0 Å². The van der Waals surface area contributed by atoms with Gasteiger partial charge < -0.3 is 5.11 Å². The van der Waals surface area contributed by atoms with Gasteiger partial charge >= 0.3 is 0 Å². The fourth-order valence-corrected chi connectivity index (χ4v) is 5.33. The average molecular weight is 419 g/mol. The summed E-state index contributed by atoms with van der Waals surface area (Å²) in [5.41, 5.74) is 2.41. The van der Waals surface area contributed by atoms with E-state index >= 15 is 0 Å². The zero-order valence-electron chi connectivity index (χ0n) is 16.5. The van der Waals surface area contributed by atoms with E-state index in [4.69, 9.17) is 23.2 Å². The van der Waals surface area contributed by atoms with Crippen LogP contribution in [0.5, 0.6) is 5.75 Å². The van der Waals surface area contributed by atoms with Gasteiger partial charge in [0.15, 0.2) is 0 Å². The molecule has 0 bridgehead atoms. The molecular formula is C23H28Cl2N2O. The monoisotopic (exact) mass is 418 g/mol. The van der Waals surface area contributed by atoms with Gasteiger partial charge in [0.1, 0.15) is 5.75 Å². The van der Waals surface area contributed by atoms with Crippen molar-refractivity contribution in [1.82, 2.24) is 9.80 Å². The Hall–Kier alpha value is -1.26. The number of hydrogen-bond acceptors (Lipinski definition) is 3. The van der Waals surface area contributed by atoms with Crippen LogP contribution in [0.25, 0.3) is 0 Å². The van der Waals surface area contributed by atoms with Gasteiger partial charge in [-0.3, -0.25) is 9.80 Å². The number of nitrogens with zero attached hydrogens (tertiary/aromatic N) is 2. The smallest absolute Gasteiger partial charge is 0.115 e. The molecule has 1 unspecified atom stereocenters. The second kappa shape index (κ2) is 7.87.